The number of rotatable bonds is 6. The molecule has 1 aromatic carbocycles. The Balaban J connectivity index is 1.51. The second-order valence-electron chi connectivity index (χ2n) is 6.92. The van der Waals surface area contributed by atoms with Crippen LogP contribution in [0.25, 0.3) is 0 Å². The van der Waals surface area contributed by atoms with Gasteiger partial charge in [0.05, 0.1) is 5.75 Å². The lowest BCUT2D eigenvalue weighted by molar-refractivity contribution is -0.129. The lowest BCUT2D eigenvalue weighted by Crippen LogP contribution is -2.45. The number of aromatic nitrogens is 2. The zero-order chi connectivity index (χ0) is 18.4. The minimum absolute atomic E-state index is 0.157. The summed E-state index contributed by atoms with van der Waals surface area (Å²) in [6.45, 7) is 5.98. The van der Waals surface area contributed by atoms with Crippen molar-refractivity contribution in [2.75, 3.05) is 24.2 Å². The number of carbonyl (C=O) groups excluding carboxylic acids is 1. The Morgan fingerprint density at radius 1 is 1.27 bits per heavy atom. The maximum Gasteiger partial charge on any atom is 0.233 e. The number of nitrogens with zero attached hydrogens (tertiary/aromatic N) is 3. The third-order valence-electron chi connectivity index (χ3n) is 4.59. The van der Waals surface area contributed by atoms with Crippen molar-refractivity contribution in [3.63, 3.8) is 0 Å². The first kappa shape index (κ1) is 18.7. The molecule has 0 saturated carbocycles. The van der Waals surface area contributed by atoms with Crippen LogP contribution in [-0.2, 0) is 4.79 Å². The van der Waals surface area contributed by atoms with Crippen molar-refractivity contribution in [1.82, 2.24) is 14.9 Å². The fourth-order valence-electron chi connectivity index (χ4n) is 3.10. The van der Waals surface area contributed by atoms with Crippen molar-refractivity contribution in [3.05, 3.63) is 48.3 Å². The lowest BCUT2D eigenvalue weighted by atomic mass is 10.0. The first-order chi connectivity index (χ1) is 12.6. The maximum atomic E-state index is 12.5. The molecule has 0 spiro atoms. The Morgan fingerprint density at radius 3 is 2.69 bits per heavy atom. The van der Waals surface area contributed by atoms with Crippen LogP contribution in [-0.4, -0.2) is 45.7 Å². The van der Waals surface area contributed by atoms with Crippen molar-refractivity contribution >= 4 is 23.4 Å². The van der Waals surface area contributed by atoms with Gasteiger partial charge in [0.25, 0.3) is 0 Å². The average molecular weight is 371 g/mol. The van der Waals surface area contributed by atoms with Crippen LogP contribution in [0, 0.1) is 0 Å². The van der Waals surface area contributed by atoms with E-state index in [4.69, 9.17) is 0 Å². The van der Waals surface area contributed by atoms with Crippen LogP contribution in [0.2, 0.25) is 0 Å². The highest BCUT2D eigenvalue weighted by Crippen LogP contribution is 2.21. The maximum absolute atomic E-state index is 12.5. The summed E-state index contributed by atoms with van der Waals surface area (Å²) in [5, 5.41) is 4.23. The van der Waals surface area contributed by atoms with Gasteiger partial charge in [0.2, 0.25) is 5.91 Å². The largest absolute Gasteiger partial charge is 0.381 e. The molecular formula is C20H26N4OS. The summed E-state index contributed by atoms with van der Waals surface area (Å²) < 4.78 is 0. The number of piperidine rings is 1. The molecule has 1 saturated heterocycles. The summed E-state index contributed by atoms with van der Waals surface area (Å²) in [5.74, 6) is 1.09. The Hall–Kier alpha value is -2.08. The van der Waals surface area contributed by atoms with E-state index in [-0.39, 0.29) is 5.91 Å². The van der Waals surface area contributed by atoms with Crippen LogP contribution in [0.15, 0.2) is 47.9 Å². The third kappa shape index (κ3) is 5.21. The number of anilines is 1. The van der Waals surface area contributed by atoms with E-state index in [1.165, 1.54) is 17.3 Å². The summed E-state index contributed by atoms with van der Waals surface area (Å²) >= 11 is 1.40. The number of likely N-dealkylation sites (tertiary alicyclic amines) is 1. The van der Waals surface area contributed by atoms with Crippen molar-refractivity contribution in [2.24, 2.45) is 0 Å². The van der Waals surface area contributed by atoms with E-state index in [0.29, 0.717) is 22.9 Å². The van der Waals surface area contributed by atoms with Gasteiger partial charge in [0.1, 0.15) is 0 Å². The molecule has 0 aliphatic carbocycles. The first-order valence-electron chi connectivity index (χ1n) is 9.16. The number of nitrogens with one attached hydrogen (secondary N) is 1. The van der Waals surface area contributed by atoms with E-state index in [1.807, 2.05) is 4.90 Å². The normalized spacial score (nSPS) is 17.3. The van der Waals surface area contributed by atoms with Gasteiger partial charge >= 0.3 is 0 Å². The second kappa shape index (κ2) is 9.03. The highest BCUT2D eigenvalue weighted by molar-refractivity contribution is 7.99. The molecule has 3 rings (SSSR count). The van der Waals surface area contributed by atoms with Gasteiger partial charge < -0.3 is 10.2 Å². The van der Waals surface area contributed by atoms with E-state index in [9.17, 15) is 4.79 Å². The summed E-state index contributed by atoms with van der Waals surface area (Å²) in [4.78, 5) is 22.8. The standard InChI is InChI=1S/C20H26N4OS/c1-15(2)16-6-8-17(9-7-16)23-18-5-3-12-24(13-18)19(25)14-26-20-21-10-4-11-22-20/h4,6-11,15,18,23H,3,5,12-14H2,1-2H3/t18-/m1/s1. The monoisotopic (exact) mass is 370 g/mol. The molecule has 1 fully saturated rings. The second-order valence-corrected chi connectivity index (χ2v) is 7.86. The van der Waals surface area contributed by atoms with Crippen molar-refractivity contribution in [1.29, 1.82) is 0 Å². The van der Waals surface area contributed by atoms with Crippen LogP contribution in [0.4, 0.5) is 5.69 Å². The molecule has 26 heavy (non-hydrogen) atoms. The zero-order valence-corrected chi connectivity index (χ0v) is 16.2. The predicted molar refractivity (Wildman–Crippen MR) is 107 cm³/mol. The first-order valence-corrected chi connectivity index (χ1v) is 10.1. The van der Waals surface area contributed by atoms with Crippen molar-refractivity contribution in [3.8, 4) is 0 Å². The zero-order valence-electron chi connectivity index (χ0n) is 15.4. The number of amides is 1. The van der Waals surface area contributed by atoms with E-state index >= 15 is 0 Å². The van der Waals surface area contributed by atoms with Gasteiger partial charge in [-0.2, -0.15) is 0 Å². The number of carbonyl (C=O) groups is 1. The van der Waals surface area contributed by atoms with E-state index in [1.54, 1.807) is 18.5 Å². The molecule has 1 aliphatic rings. The van der Waals surface area contributed by atoms with Crippen LogP contribution in [0.3, 0.4) is 0 Å². The van der Waals surface area contributed by atoms with Gasteiger partial charge in [-0.15, -0.1) is 0 Å². The SMILES string of the molecule is CC(C)c1ccc(N[C@@H]2CCCN(C(=O)CSc3ncccn3)C2)cc1. The molecule has 0 radical (unpaired) electrons. The molecule has 1 aromatic heterocycles. The molecule has 1 amide bonds. The van der Waals surface area contributed by atoms with Crippen molar-refractivity contribution in [2.45, 2.75) is 43.8 Å². The summed E-state index contributed by atoms with van der Waals surface area (Å²) in [6.07, 6.45) is 5.51. The smallest absolute Gasteiger partial charge is 0.233 e. The van der Waals surface area contributed by atoms with Crippen LogP contribution in [0.1, 0.15) is 38.2 Å². The predicted octanol–water partition coefficient (Wildman–Crippen LogP) is 3.80. The molecule has 138 valence electrons. The molecule has 1 aliphatic heterocycles. The van der Waals surface area contributed by atoms with Gasteiger partial charge in [0, 0.05) is 37.2 Å². The van der Waals surface area contributed by atoms with E-state index in [0.717, 1.165) is 31.6 Å². The number of hydrogen-bond donors (Lipinski definition) is 1. The Bertz CT molecular complexity index is 706. The Morgan fingerprint density at radius 2 is 2.00 bits per heavy atom. The minimum atomic E-state index is 0.157. The van der Waals surface area contributed by atoms with Gasteiger partial charge in [-0.05, 0) is 42.5 Å². The van der Waals surface area contributed by atoms with Crippen LogP contribution < -0.4 is 5.32 Å². The van der Waals surface area contributed by atoms with Gasteiger partial charge in [-0.3, -0.25) is 4.79 Å². The van der Waals surface area contributed by atoms with Gasteiger partial charge in [-0.1, -0.05) is 37.7 Å². The lowest BCUT2D eigenvalue weighted by Gasteiger charge is -2.33. The molecule has 0 bridgehead atoms. The fraction of sp³-hybridized carbons (Fsp3) is 0.450. The van der Waals surface area contributed by atoms with E-state index in [2.05, 4.69) is 53.4 Å². The highest BCUT2D eigenvalue weighted by atomic mass is 32.2. The molecule has 5 nitrogen and oxygen atoms in total. The highest BCUT2D eigenvalue weighted by Gasteiger charge is 2.23. The van der Waals surface area contributed by atoms with Gasteiger partial charge in [-0.25, -0.2) is 9.97 Å². The van der Waals surface area contributed by atoms with Crippen LogP contribution in [0.5, 0.6) is 0 Å². The van der Waals surface area contributed by atoms with Crippen molar-refractivity contribution < 1.29 is 4.79 Å². The molecule has 1 N–H and O–H groups in total. The number of thioether (sulfide) groups is 1. The summed E-state index contributed by atoms with van der Waals surface area (Å²) in [6, 6.07) is 10.7. The van der Waals surface area contributed by atoms with Gasteiger partial charge in [0.15, 0.2) is 5.16 Å². The molecule has 2 heterocycles. The number of benzene rings is 1. The quantitative estimate of drug-likeness (QED) is 0.619. The average Bonchev–Trinajstić information content (AvgIpc) is 2.67. The minimum Gasteiger partial charge on any atom is -0.381 e. The Labute approximate surface area is 159 Å². The molecule has 6 heteroatoms. The topological polar surface area (TPSA) is 58.1 Å². The molecular weight excluding hydrogens is 344 g/mol. The molecule has 2 aromatic rings. The number of hydrogen-bond acceptors (Lipinski definition) is 5. The molecule has 1 atom stereocenters. The van der Waals surface area contributed by atoms with Crippen LogP contribution >= 0.6 is 11.8 Å². The summed E-state index contributed by atoms with van der Waals surface area (Å²) in [7, 11) is 0. The fourth-order valence-corrected chi connectivity index (χ4v) is 3.80. The summed E-state index contributed by atoms with van der Waals surface area (Å²) in [5.41, 5.74) is 2.47. The Kier molecular flexibility index (Phi) is 6.50. The third-order valence-corrected chi connectivity index (χ3v) is 5.45. The van der Waals surface area contributed by atoms with E-state index < -0.39 is 0 Å². The molecule has 0 unspecified atom stereocenters.